The van der Waals surface area contributed by atoms with E-state index >= 15 is 0 Å². The summed E-state index contributed by atoms with van der Waals surface area (Å²) in [5.41, 5.74) is 6.05. The fourth-order valence-corrected chi connectivity index (χ4v) is 1.20. The molecule has 0 aliphatic heterocycles. The van der Waals surface area contributed by atoms with Crippen LogP contribution >= 0.6 is 12.4 Å². The fourth-order valence-electron chi connectivity index (χ4n) is 1.20. The molecule has 0 radical (unpaired) electrons. The Hall–Kier alpha value is -1.33. The summed E-state index contributed by atoms with van der Waals surface area (Å²) < 4.78 is 0. The number of aliphatic carboxylic acids is 1. The van der Waals surface area contributed by atoms with Crippen molar-refractivity contribution in [3.8, 4) is 0 Å². The molecule has 0 heterocycles. The van der Waals surface area contributed by atoms with Gasteiger partial charge in [-0.3, -0.25) is 9.59 Å². The van der Waals surface area contributed by atoms with E-state index in [2.05, 4.69) is 5.32 Å². The number of nitrogens with one attached hydrogen (secondary N) is 1. The third-order valence-corrected chi connectivity index (χ3v) is 2.08. The van der Waals surface area contributed by atoms with Crippen LogP contribution in [0.15, 0.2) is 23.8 Å². The summed E-state index contributed by atoms with van der Waals surface area (Å²) >= 11 is 0. The molecule has 90 valence electrons. The first-order valence-corrected chi connectivity index (χ1v) is 4.68. The van der Waals surface area contributed by atoms with Gasteiger partial charge in [-0.15, -0.1) is 12.4 Å². The summed E-state index contributed by atoms with van der Waals surface area (Å²) in [5.74, 6) is -1.47. The maximum atomic E-state index is 11.5. The van der Waals surface area contributed by atoms with Crippen molar-refractivity contribution in [2.45, 2.75) is 25.4 Å². The van der Waals surface area contributed by atoms with Gasteiger partial charge in [0.2, 0.25) is 0 Å². The number of rotatable bonds is 3. The van der Waals surface area contributed by atoms with Crippen LogP contribution in [0.3, 0.4) is 0 Å². The summed E-state index contributed by atoms with van der Waals surface area (Å²) in [4.78, 5) is 22.0. The Bertz CT molecular complexity index is 339. The van der Waals surface area contributed by atoms with E-state index in [9.17, 15) is 9.59 Å². The molecule has 0 aromatic heterocycles. The predicted molar refractivity (Wildman–Crippen MR) is 62.3 cm³/mol. The number of carbonyl (C=O) groups excluding carboxylic acids is 1. The van der Waals surface area contributed by atoms with Crippen LogP contribution in [0.25, 0.3) is 0 Å². The van der Waals surface area contributed by atoms with Gasteiger partial charge in [-0.2, -0.15) is 0 Å². The number of amides is 1. The van der Waals surface area contributed by atoms with Gasteiger partial charge in [-0.25, -0.2) is 0 Å². The lowest BCUT2D eigenvalue weighted by molar-refractivity contribution is -0.140. The third kappa shape index (κ3) is 4.04. The van der Waals surface area contributed by atoms with E-state index in [4.69, 9.17) is 10.8 Å². The monoisotopic (exact) mass is 246 g/mol. The van der Waals surface area contributed by atoms with Crippen LogP contribution < -0.4 is 11.1 Å². The molecule has 0 saturated heterocycles. The van der Waals surface area contributed by atoms with Crippen LogP contribution in [0.2, 0.25) is 0 Å². The molecule has 0 saturated carbocycles. The van der Waals surface area contributed by atoms with Crippen molar-refractivity contribution in [3.05, 3.63) is 23.8 Å². The Morgan fingerprint density at radius 3 is 2.75 bits per heavy atom. The number of hydrogen-bond donors (Lipinski definition) is 3. The van der Waals surface area contributed by atoms with E-state index in [1.165, 1.54) is 6.92 Å². The summed E-state index contributed by atoms with van der Waals surface area (Å²) in [6.07, 6.45) is 5.77. The zero-order valence-electron chi connectivity index (χ0n) is 8.84. The molecule has 5 nitrogen and oxygen atoms in total. The van der Waals surface area contributed by atoms with Gasteiger partial charge >= 0.3 is 5.97 Å². The summed E-state index contributed by atoms with van der Waals surface area (Å²) in [7, 11) is 0. The molecule has 4 N–H and O–H groups in total. The van der Waals surface area contributed by atoms with Crippen LogP contribution in [-0.2, 0) is 9.59 Å². The summed E-state index contributed by atoms with van der Waals surface area (Å²) in [6, 6.07) is -1.07. The molecule has 0 aromatic rings. The number of hydrogen-bond acceptors (Lipinski definition) is 3. The van der Waals surface area contributed by atoms with Crippen LogP contribution in [-0.4, -0.2) is 29.1 Å². The fraction of sp³-hybridized carbons (Fsp3) is 0.400. The number of carbonyl (C=O) groups is 2. The first kappa shape index (κ1) is 14.7. The van der Waals surface area contributed by atoms with E-state index in [1.54, 1.807) is 18.2 Å². The van der Waals surface area contributed by atoms with Crippen molar-refractivity contribution in [2.24, 2.45) is 5.73 Å². The standard InChI is InChI=1S/C10H14N2O3.ClH/c1-6(10(14)15)12-9(13)7-3-2-4-8(11)5-7;/h2-3,5-6,8H,4,11H2,1H3,(H,12,13)(H,14,15);1H/t6-,8?;/m0./s1. The molecule has 0 aromatic carbocycles. The molecule has 2 atom stereocenters. The second-order valence-corrected chi connectivity index (χ2v) is 3.46. The van der Waals surface area contributed by atoms with Gasteiger partial charge in [0, 0.05) is 11.6 Å². The second-order valence-electron chi connectivity index (χ2n) is 3.46. The molecule has 1 aliphatic rings. The van der Waals surface area contributed by atoms with Gasteiger partial charge in [0.25, 0.3) is 5.91 Å². The summed E-state index contributed by atoms with van der Waals surface area (Å²) in [6.45, 7) is 1.41. The first-order chi connectivity index (χ1) is 7.00. The van der Waals surface area contributed by atoms with Crippen LogP contribution in [0.4, 0.5) is 0 Å². The zero-order chi connectivity index (χ0) is 11.4. The van der Waals surface area contributed by atoms with Crippen molar-refractivity contribution >= 4 is 24.3 Å². The Morgan fingerprint density at radius 1 is 1.62 bits per heavy atom. The van der Waals surface area contributed by atoms with Crippen molar-refractivity contribution in [1.29, 1.82) is 0 Å². The molecule has 1 unspecified atom stereocenters. The highest BCUT2D eigenvalue weighted by Gasteiger charge is 2.17. The Kier molecular flexibility index (Phi) is 5.77. The van der Waals surface area contributed by atoms with Crippen LogP contribution in [0.5, 0.6) is 0 Å². The molecule has 0 fully saturated rings. The largest absolute Gasteiger partial charge is 0.480 e. The Balaban J connectivity index is 0.00000225. The molecular weight excluding hydrogens is 232 g/mol. The lowest BCUT2D eigenvalue weighted by Crippen LogP contribution is -2.39. The Labute approximate surface area is 99.8 Å². The van der Waals surface area contributed by atoms with Crippen molar-refractivity contribution < 1.29 is 14.7 Å². The average molecular weight is 247 g/mol. The van der Waals surface area contributed by atoms with E-state index in [1.807, 2.05) is 0 Å². The smallest absolute Gasteiger partial charge is 0.325 e. The zero-order valence-corrected chi connectivity index (χ0v) is 9.66. The number of carboxylic acids is 1. The maximum absolute atomic E-state index is 11.5. The normalized spacial score (nSPS) is 20.4. The molecular formula is C10H15ClN2O3. The topological polar surface area (TPSA) is 92.4 Å². The van der Waals surface area contributed by atoms with Gasteiger partial charge in [0.15, 0.2) is 0 Å². The van der Waals surface area contributed by atoms with Gasteiger partial charge in [0.05, 0.1) is 0 Å². The summed E-state index contributed by atoms with van der Waals surface area (Å²) in [5, 5.41) is 11.0. The lowest BCUT2D eigenvalue weighted by atomic mass is 10.0. The predicted octanol–water partition coefficient (Wildman–Crippen LogP) is 0.211. The third-order valence-electron chi connectivity index (χ3n) is 2.08. The minimum atomic E-state index is -1.06. The Morgan fingerprint density at radius 2 is 2.25 bits per heavy atom. The molecule has 1 amide bonds. The second kappa shape index (κ2) is 6.30. The van der Waals surface area contributed by atoms with Crippen LogP contribution in [0.1, 0.15) is 13.3 Å². The van der Waals surface area contributed by atoms with Crippen molar-refractivity contribution in [3.63, 3.8) is 0 Å². The van der Waals surface area contributed by atoms with E-state index < -0.39 is 17.9 Å². The maximum Gasteiger partial charge on any atom is 0.325 e. The van der Waals surface area contributed by atoms with E-state index in [0.29, 0.717) is 12.0 Å². The van der Waals surface area contributed by atoms with Crippen molar-refractivity contribution in [2.75, 3.05) is 0 Å². The molecule has 0 spiro atoms. The highest BCUT2D eigenvalue weighted by atomic mass is 35.5. The van der Waals surface area contributed by atoms with Gasteiger partial charge in [-0.1, -0.05) is 18.2 Å². The minimum absolute atomic E-state index is 0. The van der Waals surface area contributed by atoms with E-state index in [-0.39, 0.29) is 18.4 Å². The number of halogens is 1. The number of carboxylic acid groups (broad SMARTS) is 1. The van der Waals surface area contributed by atoms with Gasteiger partial charge < -0.3 is 16.2 Å². The lowest BCUT2D eigenvalue weighted by Gasteiger charge is -2.14. The molecule has 1 aliphatic carbocycles. The van der Waals surface area contributed by atoms with E-state index in [0.717, 1.165) is 0 Å². The molecule has 0 bridgehead atoms. The minimum Gasteiger partial charge on any atom is -0.480 e. The molecule has 6 heteroatoms. The average Bonchev–Trinajstić information content (AvgIpc) is 2.17. The molecule has 1 rings (SSSR count). The van der Waals surface area contributed by atoms with Crippen molar-refractivity contribution in [1.82, 2.24) is 5.32 Å². The quantitative estimate of drug-likeness (QED) is 0.664. The van der Waals surface area contributed by atoms with Gasteiger partial charge in [-0.05, 0) is 13.3 Å². The van der Waals surface area contributed by atoms with Crippen LogP contribution in [0, 0.1) is 0 Å². The highest BCUT2D eigenvalue weighted by molar-refractivity contribution is 5.98. The molecule has 16 heavy (non-hydrogen) atoms. The first-order valence-electron chi connectivity index (χ1n) is 4.68. The van der Waals surface area contributed by atoms with Gasteiger partial charge in [0.1, 0.15) is 6.04 Å². The number of nitrogens with two attached hydrogens (primary N) is 1. The SMILES string of the molecule is C[C@H](NC(=O)C1=CC(N)CC=C1)C(=O)O.Cl. The highest BCUT2D eigenvalue weighted by Crippen LogP contribution is 2.09.